The Kier molecular flexibility index (Phi) is 8.07. The topological polar surface area (TPSA) is 75.7 Å². The Bertz CT molecular complexity index is 1500. The number of carbonyl (C=O) groups is 3. The van der Waals surface area contributed by atoms with Crippen LogP contribution in [-0.2, 0) is 24.5 Å². The summed E-state index contributed by atoms with van der Waals surface area (Å²) < 4.78 is 50.6. The van der Waals surface area contributed by atoms with Crippen LogP contribution in [0.25, 0.3) is 0 Å². The molecule has 0 unspecified atom stereocenters. The van der Waals surface area contributed by atoms with Gasteiger partial charge in [0.05, 0.1) is 30.4 Å². The molecule has 11 heteroatoms. The lowest BCUT2D eigenvalue weighted by atomic mass is 9.43. The number of alkyl halides is 2. The lowest BCUT2D eigenvalue weighted by molar-refractivity contribution is -0.146. The molecule has 2 aliphatic heterocycles. The van der Waals surface area contributed by atoms with Crippen molar-refractivity contribution in [2.75, 3.05) is 39.4 Å². The van der Waals surface area contributed by atoms with Gasteiger partial charge in [0, 0.05) is 48.5 Å². The summed E-state index contributed by atoms with van der Waals surface area (Å²) in [4.78, 5) is 42.6. The molecule has 5 atom stereocenters. The van der Waals surface area contributed by atoms with Gasteiger partial charge in [-0.1, -0.05) is 41.4 Å². The summed E-state index contributed by atoms with van der Waals surface area (Å²) >= 11 is 12.6. The van der Waals surface area contributed by atoms with Crippen molar-refractivity contribution in [3.8, 4) is 0 Å². The number of hydrogen-bond donors (Lipinski definition) is 1. The number of hydrogen-bond acceptors (Lipinski definition) is 4. The van der Waals surface area contributed by atoms with Gasteiger partial charge in [-0.25, -0.2) is 4.39 Å². The number of halogens is 5. The second-order valence-corrected chi connectivity index (χ2v) is 14.3. The van der Waals surface area contributed by atoms with Crippen LogP contribution in [0.15, 0.2) is 36.4 Å². The quantitative estimate of drug-likeness (QED) is 0.363. The molecule has 0 bridgehead atoms. The zero-order valence-corrected chi connectivity index (χ0v) is 26.1. The molecule has 2 aromatic rings. The Morgan fingerprint density at radius 3 is 2.45 bits per heavy atom. The predicted octanol–water partition coefficient (Wildman–Crippen LogP) is 6.67. The molecule has 2 aromatic carbocycles. The number of ether oxygens (including phenoxy) is 1. The molecule has 2 saturated carbocycles. The molecule has 236 valence electrons. The van der Waals surface area contributed by atoms with Crippen molar-refractivity contribution in [2.24, 2.45) is 22.7 Å². The van der Waals surface area contributed by atoms with Gasteiger partial charge >= 0.3 is 0 Å². The summed E-state index contributed by atoms with van der Waals surface area (Å²) in [6.07, 6.45) is 0.811. The molecule has 1 saturated heterocycles. The molecular formula is C33H35Cl2F3N2O4. The lowest BCUT2D eigenvalue weighted by Gasteiger charge is -2.59. The van der Waals surface area contributed by atoms with E-state index in [0.717, 1.165) is 0 Å². The van der Waals surface area contributed by atoms with E-state index in [1.165, 1.54) is 11.0 Å². The highest BCUT2D eigenvalue weighted by Gasteiger charge is 2.77. The molecule has 6 rings (SSSR count). The second-order valence-electron chi connectivity index (χ2n) is 13.5. The van der Waals surface area contributed by atoms with Crippen LogP contribution in [0.4, 0.5) is 18.9 Å². The minimum Gasteiger partial charge on any atom is -0.368 e. The maximum atomic E-state index is 16.0. The van der Waals surface area contributed by atoms with Crippen LogP contribution in [0.5, 0.6) is 0 Å². The summed E-state index contributed by atoms with van der Waals surface area (Å²) in [7, 11) is 3.32. The SMILES string of the molecule is CN(C)C(=O)[C@@H]1CC[C@@H](CC(=O)[C@@H]2CC3(CC(CF)(CF)C3)[C@@]3(C(=O)Nc4cc(Cl)ccc43)[C@H]2c2cccc(Cl)c2F)CO1. The van der Waals surface area contributed by atoms with Crippen LogP contribution in [-0.4, -0.2) is 62.7 Å². The predicted molar refractivity (Wildman–Crippen MR) is 161 cm³/mol. The number of Topliss-reactive ketones (excluding diaryl/α,β-unsaturated/α-hetero) is 1. The fraction of sp³-hybridized carbons (Fsp3) is 0.545. The van der Waals surface area contributed by atoms with Gasteiger partial charge in [-0.15, -0.1) is 0 Å². The minimum absolute atomic E-state index is 0.0335. The van der Waals surface area contributed by atoms with E-state index in [-0.39, 0.29) is 60.5 Å². The molecule has 2 amide bonds. The zero-order chi connectivity index (χ0) is 31.6. The standard InChI is InChI=1S/C33H35Cl2F3N2O4/c1-40(2)29(42)26-9-6-18(13-44-26)10-25(41)21-12-32(14-31(15-32,16-36)17-37)33(27(21)20-4-3-5-23(35)28(20)38)22-8-7-19(34)11-24(22)39-30(33)43/h3-5,7-8,11,18,21,26-27H,6,9-10,12-17H2,1-2H3,(H,39,43)/t18-,21-,26-,27-,33+/m0/s1. The van der Waals surface area contributed by atoms with E-state index >= 15 is 4.39 Å². The Morgan fingerprint density at radius 2 is 1.82 bits per heavy atom. The van der Waals surface area contributed by atoms with Crippen molar-refractivity contribution < 1.29 is 32.3 Å². The van der Waals surface area contributed by atoms with Gasteiger partial charge in [-0.2, -0.15) is 0 Å². The molecule has 4 aliphatic rings. The number of ketones is 1. The minimum atomic E-state index is -1.49. The molecule has 3 fully saturated rings. The van der Waals surface area contributed by atoms with Gasteiger partial charge in [0.25, 0.3) is 5.91 Å². The van der Waals surface area contributed by atoms with Crippen molar-refractivity contribution >= 4 is 46.5 Å². The molecule has 2 spiro atoms. The smallest absolute Gasteiger partial charge is 0.251 e. The molecule has 2 aliphatic carbocycles. The van der Waals surface area contributed by atoms with Crippen molar-refractivity contribution in [2.45, 2.75) is 56.0 Å². The summed E-state index contributed by atoms with van der Waals surface area (Å²) in [5, 5.41) is 3.16. The molecule has 0 aromatic heterocycles. The zero-order valence-electron chi connectivity index (χ0n) is 24.6. The van der Waals surface area contributed by atoms with E-state index < -0.39 is 59.3 Å². The highest BCUT2D eigenvalue weighted by atomic mass is 35.5. The number of rotatable bonds is 7. The van der Waals surface area contributed by atoms with E-state index in [9.17, 15) is 23.2 Å². The third kappa shape index (κ3) is 4.59. The average molecular weight is 652 g/mol. The van der Waals surface area contributed by atoms with Gasteiger partial charge < -0.3 is 15.0 Å². The fourth-order valence-electron chi connectivity index (χ4n) is 8.90. The van der Waals surface area contributed by atoms with E-state index in [4.69, 9.17) is 27.9 Å². The molecule has 0 radical (unpaired) electrons. The molecule has 6 nitrogen and oxygen atoms in total. The van der Waals surface area contributed by atoms with Crippen LogP contribution in [0, 0.1) is 28.5 Å². The average Bonchev–Trinajstić information content (AvgIpc) is 3.45. The highest BCUT2D eigenvalue weighted by molar-refractivity contribution is 6.31. The fourth-order valence-corrected chi connectivity index (χ4v) is 9.26. The maximum absolute atomic E-state index is 16.0. The Labute approximate surface area is 264 Å². The van der Waals surface area contributed by atoms with Crippen LogP contribution in [0.2, 0.25) is 10.0 Å². The molecule has 1 N–H and O–H groups in total. The van der Waals surface area contributed by atoms with Crippen molar-refractivity contribution in [3.05, 3.63) is 63.4 Å². The first-order chi connectivity index (χ1) is 20.9. The number of carbonyl (C=O) groups excluding carboxylic acids is 3. The number of nitrogens with one attached hydrogen (secondary N) is 1. The number of anilines is 1. The maximum Gasteiger partial charge on any atom is 0.251 e. The van der Waals surface area contributed by atoms with Crippen LogP contribution in [0.3, 0.4) is 0 Å². The van der Waals surface area contributed by atoms with Crippen molar-refractivity contribution in [1.82, 2.24) is 4.90 Å². The van der Waals surface area contributed by atoms with Crippen molar-refractivity contribution in [3.63, 3.8) is 0 Å². The first kappa shape index (κ1) is 31.4. The number of likely N-dealkylation sites (N-methyl/N-ethyl adjacent to an activating group) is 1. The van der Waals surface area contributed by atoms with Gasteiger partial charge in [-0.3, -0.25) is 23.2 Å². The number of nitrogens with zero attached hydrogens (tertiary/aromatic N) is 1. The molecule has 44 heavy (non-hydrogen) atoms. The van der Waals surface area contributed by atoms with Gasteiger partial charge in [-0.05, 0) is 72.8 Å². The van der Waals surface area contributed by atoms with E-state index in [0.29, 0.717) is 29.1 Å². The van der Waals surface area contributed by atoms with Crippen LogP contribution >= 0.6 is 23.2 Å². The first-order valence-corrected chi connectivity index (χ1v) is 15.7. The second kappa shape index (κ2) is 11.3. The van der Waals surface area contributed by atoms with E-state index in [1.807, 2.05) is 0 Å². The summed E-state index contributed by atoms with van der Waals surface area (Å²) in [5.74, 6) is -3.47. The Morgan fingerprint density at radius 1 is 1.09 bits per heavy atom. The summed E-state index contributed by atoms with van der Waals surface area (Å²) in [6, 6.07) is 9.49. The third-order valence-corrected chi connectivity index (χ3v) is 11.2. The van der Waals surface area contributed by atoms with Gasteiger partial charge in [0.2, 0.25) is 5.91 Å². The van der Waals surface area contributed by atoms with E-state index in [1.54, 1.807) is 44.4 Å². The number of amides is 2. The molecule has 2 heterocycles. The van der Waals surface area contributed by atoms with Gasteiger partial charge in [0.1, 0.15) is 17.7 Å². The first-order valence-electron chi connectivity index (χ1n) is 14.9. The number of benzene rings is 2. The van der Waals surface area contributed by atoms with Crippen LogP contribution < -0.4 is 5.32 Å². The number of fused-ring (bicyclic) bond motifs is 3. The summed E-state index contributed by atoms with van der Waals surface area (Å²) in [5.41, 5.74) is -2.66. The Balaban J connectivity index is 1.44. The lowest BCUT2D eigenvalue weighted by Crippen LogP contribution is -2.61. The van der Waals surface area contributed by atoms with Gasteiger partial charge in [0.15, 0.2) is 0 Å². The highest BCUT2D eigenvalue weighted by Crippen LogP contribution is 2.77. The monoisotopic (exact) mass is 650 g/mol. The summed E-state index contributed by atoms with van der Waals surface area (Å²) in [6.45, 7) is -1.60. The van der Waals surface area contributed by atoms with Crippen molar-refractivity contribution in [1.29, 1.82) is 0 Å². The Hall–Kier alpha value is -2.62. The molecular weight excluding hydrogens is 616 g/mol. The largest absolute Gasteiger partial charge is 0.368 e. The normalized spacial score (nSPS) is 29.8. The van der Waals surface area contributed by atoms with Crippen LogP contribution in [0.1, 0.15) is 55.6 Å². The third-order valence-electron chi connectivity index (χ3n) is 10.6. The van der Waals surface area contributed by atoms with E-state index in [2.05, 4.69) is 5.32 Å².